The number of nitrogens with one attached hydrogen (secondary N) is 1. The number of amides is 1. The summed E-state index contributed by atoms with van der Waals surface area (Å²) in [7, 11) is -1.88. The van der Waals surface area contributed by atoms with Crippen LogP contribution < -0.4 is 10.5 Å². The number of nitrogens with zero attached hydrogens (tertiary/aromatic N) is 2. The van der Waals surface area contributed by atoms with Crippen molar-refractivity contribution in [1.82, 2.24) is 14.3 Å². The Morgan fingerprint density at radius 2 is 1.83 bits per heavy atom. The van der Waals surface area contributed by atoms with Crippen LogP contribution in [0.3, 0.4) is 0 Å². The number of sulfonamides is 1. The summed E-state index contributed by atoms with van der Waals surface area (Å²) >= 11 is 0. The van der Waals surface area contributed by atoms with Gasteiger partial charge in [0.05, 0.1) is 22.5 Å². The van der Waals surface area contributed by atoms with Gasteiger partial charge in [-0.3, -0.25) is 4.79 Å². The van der Waals surface area contributed by atoms with Crippen molar-refractivity contribution in [1.29, 1.82) is 0 Å². The topological polar surface area (TPSA) is 107 Å². The van der Waals surface area contributed by atoms with Gasteiger partial charge in [-0.2, -0.15) is 0 Å². The van der Waals surface area contributed by atoms with E-state index < -0.39 is 15.9 Å². The molecule has 0 unspecified atom stereocenters. The standard InChI is InChI=1S/C16H16N4O3S/c1-20-14-5-3-2-4-13(14)19-15(20)10-18-24(22,23)12-8-6-11(7-9-12)16(17)21/h2-9,18H,10H2,1H3,(H2,17,21). The minimum Gasteiger partial charge on any atom is -0.366 e. The molecule has 2 aromatic carbocycles. The number of imidazole rings is 1. The molecule has 0 spiro atoms. The molecule has 0 radical (unpaired) electrons. The van der Waals surface area contributed by atoms with Gasteiger partial charge in [-0.05, 0) is 36.4 Å². The van der Waals surface area contributed by atoms with Gasteiger partial charge in [-0.1, -0.05) is 12.1 Å². The molecular weight excluding hydrogens is 328 g/mol. The Balaban J connectivity index is 1.81. The summed E-state index contributed by atoms with van der Waals surface area (Å²) in [4.78, 5) is 15.5. The highest BCUT2D eigenvalue weighted by molar-refractivity contribution is 7.89. The van der Waals surface area contributed by atoms with E-state index in [0.717, 1.165) is 11.0 Å². The van der Waals surface area contributed by atoms with Crippen LogP contribution in [0.4, 0.5) is 0 Å². The number of rotatable bonds is 5. The van der Waals surface area contributed by atoms with Gasteiger partial charge in [0.25, 0.3) is 0 Å². The van der Waals surface area contributed by atoms with E-state index >= 15 is 0 Å². The number of hydrogen-bond acceptors (Lipinski definition) is 4. The second-order valence-electron chi connectivity index (χ2n) is 5.29. The van der Waals surface area contributed by atoms with E-state index in [9.17, 15) is 13.2 Å². The number of aromatic nitrogens is 2. The quantitative estimate of drug-likeness (QED) is 0.724. The third kappa shape index (κ3) is 3.01. The van der Waals surface area contributed by atoms with Crippen molar-refractivity contribution in [2.45, 2.75) is 11.4 Å². The molecule has 0 bridgehead atoms. The van der Waals surface area contributed by atoms with Crippen molar-refractivity contribution in [3.8, 4) is 0 Å². The van der Waals surface area contributed by atoms with E-state index in [2.05, 4.69) is 9.71 Å². The molecule has 8 heteroatoms. The summed E-state index contributed by atoms with van der Waals surface area (Å²) in [5, 5.41) is 0. The molecule has 3 N–H and O–H groups in total. The Morgan fingerprint density at radius 1 is 1.17 bits per heavy atom. The van der Waals surface area contributed by atoms with Crippen LogP contribution in [0.15, 0.2) is 53.4 Å². The number of para-hydroxylation sites is 2. The van der Waals surface area contributed by atoms with Crippen LogP contribution in [0.25, 0.3) is 11.0 Å². The fraction of sp³-hybridized carbons (Fsp3) is 0.125. The van der Waals surface area contributed by atoms with Crippen LogP contribution in [0.1, 0.15) is 16.2 Å². The molecule has 1 amide bonds. The van der Waals surface area contributed by atoms with E-state index in [-0.39, 0.29) is 17.0 Å². The van der Waals surface area contributed by atoms with Gasteiger partial charge in [0, 0.05) is 12.6 Å². The number of hydrogen-bond donors (Lipinski definition) is 2. The molecule has 1 heterocycles. The molecular formula is C16H16N4O3S. The van der Waals surface area contributed by atoms with Crippen molar-refractivity contribution in [2.24, 2.45) is 12.8 Å². The van der Waals surface area contributed by atoms with E-state index in [1.807, 2.05) is 35.9 Å². The highest BCUT2D eigenvalue weighted by Gasteiger charge is 2.16. The maximum absolute atomic E-state index is 12.3. The summed E-state index contributed by atoms with van der Waals surface area (Å²) in [6, 6.07) is 13.0. The normalized spacial score (nSPS) is 11.7. The van der Waals surface area contributed by atoms with Crippen LogP contribution in [-0.4, -0.2) is 23.9 Å². The predicted octanol–water partition coefficient (Wildman–Crippen LogP) is 1.15. The largest absolute Gasteiger partial charge is 0.366 e. The van der Waals surface area contributed by atoms with Crippen LogP contribution in [0.2, 0.25) is 0 Å². The zero-order valence-corrected chi connectivity index (χ0v) is 13.7. The number of benzene rings is 2. The van der Waals surface area contributed by atoms with Gasteiger partial charge >= 0.3 is 0 Å². The second kappa shape index (κ2) is 6.06. The van der Waals surface area contributed by atoms with Crippen molar-refractivity contribution in [3.63, 3.8) is 0 Å². The summed E-state index contributed by atoms with van der Waals surface area (Å²) < 4.78 is 29.1. The molecule has 7 nitrogen and oxygen atoms in total. The second-order valence-corrected chi connectivity index (χ2v) is 7.06. The van der Waals surface area contributed by atoms with Crippen LogP contribution in [-0.2, 0) is 23.6 Å². The van der Waals surface area contributed by atoms with E-state index in [1.165, 1.54) is 24.3 Å². The summed E-state index contributed by atoms with van der Waals surface area (Å²) in [5.41, 5.74) is 7.13. The maximum atomic E-state index is 12.3. The minimum atomic E-state index is -3.71. The fourth-order valence-corrected chi connectivity index (χ4v) is 3.37. The van der Waals surface area contributed by atoms with Crippen molar-refractivity contribution in [2.75, 3.05) is 0 Å². The lowest BCUT2D eigenvalue weighted by atomic mass is 10.2. The monoisotopic (exact) mass is 344 g/mol. The molecule has 0 aliphatic heterocycles. The molecule has 3 aromatic rings. The first-order valence-electron chi connectivity index (χ1n) is 7.18. The van der Waals surface area contributed by atoms with Gasteiger partial charge in [0.2, 0.25) is 15.9 Å². The number of carbonyl (C=O) groups excluding carboxylic acids is 1. The Kier molecular flexibility index (Phi) is 4.08. The zero-order valence-electron chi connectivity index (χ0n) is 12.9. The summed E-state index contributed by atoms with van der Waals surface area (Å²) in [5.74, 6) is 0.000128. The number of nitrogens with two attached hydrogens (primary N) is 1. The molecule has 0 saturated heterocycles. The lowest BCUT2D eigenvalue weighted by molar-refractivity contribution is 0.1000. The molecule has 1 aromatic heterocycles. The van der Waals surface area contributed by atoms with E-state index in [0.29, 0.717) is 5.82 Å². The van der Waals surface area contributed by atoms with Crippen LogP contribution in [0, 0.1) is 0 Å². The smallest absolute Gasteiger partial charge is 0.248 e. The van der Waals surface area contributed by atoms with Gasteiger partial charge in [-0.15, -0.1) is 0 Å². The Bertz CT molecular complexity index is 1010. The molecule has 0 aliphatic carbocycles. The van der Waals surface area contributed by atoms with Gasteiger partial charge < -0.3 is 10.3 Å². The Morgan fingerprint density at radius 3 is 2.46 bits per heavy atom. The van der Waals surface area contributed by atoms with Crippen molar-refractivity contribution >= 4 is 27.0 Å². The lowest BCUT2D eigenvalue weighted by Gasteiger charge is -2.07. The van der Waals surface area contributed by atoms with Gasteiger partial charge in [0.15, 0.2) is 0 Å². The van der Waals surface area contributed by atoms with Crippen LogP contribution in [0.5, 0.6) is 0 Å². The molecule has 0 fully saturated rings. The SMILES string of the molecule is Cn1c(CNS(=O)(=O)c2ccc(C(N)=O)cc2)nc2ccccc21. The third-order valence-electron chi connectivity index (χ3n) is 3.75. The number of primary amides is 1. The zero-order chi connectivity index (χ0) is 17.3. The average molecular weight is 344 g/mol. The van der Waals surface area contributed by atoms with Crippen molar-refractivity contribution in [3.05, 3.63) is 59.9 Å². The highest BCUT2D eigenvalue weighted by atomic mass is 32.2. The first-order chi connectivity index (χ1) is 11.4. The molecule has 124 valence electrons. The highest BCUT2D eigenvalue weighted by Crippen LogP contribution is 2.15. The number of fused-ring (bicyclic) bond motifs is 1. The predicted molar refractivity (Wildman–Crippen MR) is 89.7 cm³/mol. The van der Waals surface area contributed by atoms with Crippen LogP contribution >= 0.6 is 0 Å². The number of carbonyl (C=O) groups is 1. The molecule has 24 heavy (non-hydrogen) atoms. The summed E-state index contributed by atoms with van der Waals surface area (Å²) in [6.07, 6.45) is 0. The van der Waals surface area contributed by atoms with Gasteiger partial charge in [-0.25, -0.2) is 18.1 Å². The Hall–Kier alpha value is -2.71. The average Bonchev–Trinajstić information content (AvgIpc) is 2.90. The first kappa shape index (κ1) is 16.2. The third-order valence-corrected chi connectivity index (χ3v) is 5.17. The molecule has 0 aliphatic rings. The lowest BCUT2D eigenvalue weighted by Crippen LogP contribution is -2.25. The summed E-state index contributed by atoms with van der Waals surface area (Å²) in [6.45, 7) is 0.0606. The van der Waals surface area contributed by atoms with Crippen molar-refractivity contribution < 1.29 is 13.2 Å². The molecule has 0 saturated carbocycles. The molecule has 3 rings (SSSR count). The molecule has 0 atom stereocenters. The number of aryl methyl sites for hydroxylation is 1. The fourth-order valence-electron chi connectivity index (χ4n) is 2.39. The van der Waals surface area contributed by atoms with E-state index in [1.54, 1.807) is 0 Å². The minimum absolute atomic E-state index is 0.0606. The maximum Gasteiger partial charge on any atom is 0.248 e. The first-order valence-corrected chi connectivity index (χ1v) is 8.67. The van der Waals surface area contributed by atoms with Gasteiger partial charge in [0.1, 0.15) is 5.82 Å². The Labute approximate surface area is 139 Å². The van der Waals surface area contributed by atoms with E-state index in [4.69, 9.17) is 5.73 Å².